The monoisotopic (exact) mass is 535 g/mol. The van der Waals surface area contributed by atoms with Gasteiger partial charge in [-0.1, -0.05) is 35.3 Å². The molecule has 2 saturated carbocycles. The maximum absolute atomic E-state index is 12.7. The maximum atomic E-state index is 12.7. The van der Waals surface area contributed by atoms with E-state index < -0.39 is 0 Å². The van der Waals surface area contributed by atoms with Crippen molar-refractivity contribution < 1.29 is 14.7 Å². The van der Waals surface area contributed by atoms with Gasteiger partial charge in [-0.05, 0) is 86.3 Å². The first kappa shape index (κ1) is 24.8. The lowest BCUT2D eigenvalue weighted by molar-refractivity contribution is -0.116. The number of aromatic hydroxyl groups is 1. The van der Waals surface area contributed by atoms with E-state index >= 15 is 0 Å². The number of aromatic nitrogens is 1. The molecule has 0 saturated heterocycles. The summed E-state index contributed by atoms with van der Waals surface area (Å²) in [6.45, 7) is 4.31. The number of phenols is 1. The van der Waals surface area contributed by atoms with E-state index in [1.54, 1.807) is 13.3 Å². The summed E-state index contributed by atoms with van der Waals surface area (Å²) in [4.78, 5) is 23.3. The van der Waals surface area contributed by atoms with Gasteiger partial charge in [0, 0.05) is 22.9 Å². The van der Waals surface area contributed by atoms with Crippen LogP contribution in [0.2, 0.25) is 10.0 Å². The molecule has 0 bridgehead atoms. The molecule has 1 aromatic heterocycles. The lowest BCUT2D eigenvalue weighted by Crippen LogP contribution is -2.44. The van der Waals surface area contributed by atoms with Crippen molar-refractivity contribution in [2.45, 2.75) is 64.7 Å². The smallest absolute Gasteiger partial charge is 0.226 e. The number of carbonyl (C=O) groups excluding carboxylic acids is 1. The average Bonchev–Trinajstić information content (AvgIpc) is 3.36. The molecule has 188 valence electrons. The first-order valence-corrected chi connectivity index (χ1v) is 13.8. The van der Waals surface area contributed by atoms with Crippen LogP contribution in [-0.4, -0.2) is 28.8 Å². The zero-order chi connectivity index (χ0) is 24.9. The highest BCUT2D eigenvalue weighted by molar-refractivity contribution is 7.15. The van der Waals surface area contributed by atoms with E-state index in [1.165, 1.54) is 16.9 Å². The molecule has 2 N–H and O–H groups in total. The van der Waals surface area contributed by atoms with Gasteiger partial charge in [0.15, 0.2) is 10.9 Å². The number of anilines is 1. The Kier molecular flexibility index (Phi) is 6.79. The first-order valence-electron chi connectivity index (χ1n) is 12.3. The van der Waals surface area contributed by atoms with Crippen molar-refractivity contribution in [2.75, 3.05) is 12.4 Å². The second-order valence-electron chi connectivity index (χ2n) is 10.4. The molecule has 2 aromatic rings. The molecule has 0 spiro atoms. The molecule has 5 unspecified atom stereocenters. The van der Waals surface area contributed by atoms with E-state index in [9.17, 15) is 9.90 Å². The Labute approximate surface area is 220 Å². The zero-order valence-electron chi connectivity index (χ0n) is 20.2. The summed E-state index contributed by atoms with van der Waals surface area (Å²) in [5, 5.41) is 19.1. The second-order valence-corrected chi connectivity index (χ2v) is 12.4. The van der Waals surface area contributed by atoms with E-state index in [0.717, 1.165) is 54.7 Å². The van der Waals surface area contributed by atoms with Crippen LogP contribution in [0, 0.1) is 30.1 Å². The number of hydrogen-bond acceptors (Lipinski definition) is 6. The lowest BCUT2D eigenvalue weighted by atomic mass is 9.54. The van der Waals surface area contributed by atoms with Crippen LogP contribution in [0.1, 0.15) is 67.4 Å². The van der Waals surface area contributed by atoms with E-state index in [1.807, 2.05) is 13.0 Å². The summed E-state index contributed by atoms with van der Waals surface area (Å²) in [6, 6.07) is 1.93. The van der Waals surface area contributed by atoms with Crippen molar-refractivity contribution in [3.05, 3.63) is 38.3 Å². The molecule has 35 heavy (non-hydrogen) atoms. The van der Waals surface area contributed by atoms with E-state index in [0.29, 0.717) is 45.3 Å². The van der Waals surface area contributed by atoms with E-state index in [4.69, 9.17) is 28.0 Å². The Hall–Kier alpha value is -1.83. The van der Waals surface area contributed by atoms with Crippen molar-refractivity contribution in [3.8, 4) is 5.75 Å². The summed E-state index contributed by atoms with van der Waals surface area (Å²) < 4.78 is 0. The highest BCUT2D eigenvalue weighted by atomic mass is 35.5. The van der Waals surface area contributed by atoms with Crippen LogP contribution in [0.3, 0.4) is 0 Å². The molecule has 1 aromatic carbocycles. The molecule has 3 aliphatic rings. The number of hydrogen-bond donors (Lipinski definition) is 2. The van der Waals surface area contributed by atoms with Crippen molar-refractivity contribution in [1.82, 2.24) is 4.98 Å². The van der Waals surface area contributed by atoms with Gasteiger partial charge in [0.25, 0.3) is 0 Å². The molecule has 9 heteroatoms. The van der Waals surface area contributed by atoms with Crippen molar-refractivity contribution in [3.63, 3.8) is 0 Å². The van der Waals surface area contributed by atoms with Crippen molar-refractivity contribution in [2.24, 2.45) is 28.3 Å². The van der Waals surface area contributed by atoms with Crippen LogP contribution in [0.25, 0.3) is 0 Å². The minimum absolute atomic E-state index is 0.00794. The largest absolute Gasteiger partial charge is 0.505 e. The molecule has 5 atom stereocenters. The SMILES string of the molecule is CO/N=C1\CC(CCC(=O)Nc2ncc(C)s2)C2C3CCc4c(cc(Cl)c(O)c4Cl)C3CCC12C. The molecule has 1 heterocycles. The van der Waals surface area contributed by atoms with E-state index in [2.05, 4.69) is 22.4 Å². The van der Waals surface area contributed by atoms with Crippen molar-refractivity contribution >= 4 is 51.3 Å². The molecule has 0 radical (unpaired) electrons. The molecule has 1 amide bonds. The van der Waals surface area contributed by atoms with Gasteiger partial charge in [-0.2, -0.15) is 0 Å². The summed E-state index contributed by atoms with van der Waals surface area (Å²) in [7, 11) is 1.61. The molecular weight excluding hydrogens is 505 g/mol. The number of carbonyl (C=O) groups is 1. The number of benzene rings is 1. The van der Waals surface area contributed by atoms with Gasteiger partial charge in [0.1, 0.15) is 7.11 Å². The Balaban J connectivity index is 1.41. The highest BCUT2D eigenvalue weighted by Crippen LogP contribution is 2.63. The number of amides is 1. The number of phenolic OH excluding ortho intramolecular Hbond substituents is 1. The number of halogens is 2. The fourth-order valence-corrected chi connectivity index (χ4v) is 8.39. The van der Waals surface area contributed by atoms with Crippen LogP contribution in [0.5, 0.6) is 5.75 Å². The average molecular weight is 537 g/mol. The standard InChI is InChI=1S/C26H31Cl2N3O3S/c1-13-12-29-25(35-13)30-21(32)7-4-14-10-20(31-34-3)26(2)9-8-15-16(22(14)26)5-6-17-18(15)11-19(27)24(33)23(17)28/h11-12,14-16,22,33H,4-10H2,1-3H3,(H,29,30,32)/b31-20+. The van der Waals surface area contributed by atoms with Crippen LogP contribution < -0.4 is 5.32 Å². The Morgan fingerprint density at radius 3 is 2.91 bits per heavy atom. The summed E-state index contributed by atoms with van der Waals surface area (Å²) in [5.74, 6) is 1.51. The predicted octanol–water partition coefficient (Wildman–Crippen LogP) is 6.97. The minimum atomic E-state index is -0.0489. The molecule has 2 fully saturated rings. The number of aryl methyl sites for hydroxylation is 1. The zero-order valence-corrected chi connectivity index (χ0v) is 22.6. The quantitative estimate of drug-likeness (QED) is 0.405. The van der Waals surface area contributed by atoms with Crippen LogP contribution in [0.15, 0.2) is 17.4 Å². The van der Waals surface area contributed by atoms with Crippen molar-refractivity contribution in [1.29, 1.82) is 0 Å². The number of nitrogens with one attached hydrogen (secondary N) is 1. The molecule has 5 rings (SSSR count). The minimum Gasteiger partial charge on any atom is -0.505 e. The Morgan fingerprint density at radius 1 is 1.40 bits per heavy atom. The fraction of sp³-hybridized carbons (Fsp3) is 0.577. The molecular formula is C26H31Cl2N3O3S. The third-order valence-corrected chi connectivity index (χ3v) is 10.1. The molecule has 3 aliphatic carbocycles. The number of rotatable bonds is 5. The summed E-state index contributed by atoms with van der Waals surface area (Å²) in [5.41, 5.74) is 3.30. The van der Waals surface area contributed by atoms with Gasteiger partial charge >= 0.3 is 0 Å². The second kappa shape index (κ2) is 9.56. The van der Waals surface area contributed by atoms with Crippen LogP contribution in [-0.2, 0) is 16.1 Å². The summed E-state index contributed by atoms with van der Waals surface area (Å²) >= 11 is 14.4. The summed E-state index contributed by atoms with van der Waals surface area (Å²) in [6.07, 6.45) is 7.71. The Bertz CT molecular complexity index is 1180. The van der Waals surface area contributed by atoms with Crippen LogP contribution >= 0.6 is 34.5 Å². The lowest BCUT2D eigenvalue weighted by Gasteiger charge is -2.50. The fourth-order valence-electron chi connectivity index (χ4n) is 7.15. The van der Waals surface area contributed by atoms with E-state index in [-0.39, 0.29) is 17.1 Å². The number of thiazole rings is 1. The normalized spacial score (nSPS) is 30.5. The molecule has 0 aliphatic heterocycles. The Morgan fingerprint density at radius 2 is 2.20 bits per heavy atom. The third kappa shape index (κ3) is 4.34. The van der Waals surface area contributed by atoms with Gasteiger partial charge < -0.3 is 15.3 Å². The predicted molar refractivity (Wildman–Crippen MR) is 141 cm³/mol. The third-order valence-electron chi connectivity index (χ3n) is 8.58. The topological polar surface area (TPSA) is 83.8 Å². The van der Waals surface area contributed by atoms with Gasteiger partial charge in [-0.15, -0.1) is 11.3 Å². The van der Waals surface area contributed by atoms with Gasteiger partial charge in [-0.25, -0.2) is 4.98 Å². The maximum Gasteiger partial charge on any atom is 0.226 e. The van der Waals surface area contributed by atoms with Gasteiger partial charge in [-0.3, -0.25) is 4.79 Å². The van der Waals surface area contributed by atoms with Gasteiger partial charge in [0.05, 0.1) is 15.8 Å². The molecule has 6 nitrogen and oxygen atoms in total. The van der Waals surface area contributed by atoms with Crippen LogP contribution in [0.4, 0.5) is 5.13 Å². The highest BCUT2D eigenvalue weighted by Gasteiger charge is 2.57. The number of nitrogens with zero attached hydrogens (tertiary/aromatic N) is 2. The van der Waals surface area contributed by atoms with Gasteiger partial charge in [0.2, 0.25) is 5.91 Å². The number of oxime groups is 1. The number of fused-ring (bicyclic) bond motifs is 5. The first-order chi connectivity index (χ1) is 16.7.